The van der Waals surface area contributed by atoms with E-state index in [9.17, 15) is 10.1 Å². The molecule has 0 radical (unpaired) electrons. The standard InChI is InChI=1S/C13H21N3O2/c1-11(2)15-5-3-13(10-14,4-6-15)16-7-8-18-9-12(16)17/h11H,3-9H2,1-2H3. The molecule has 2 rings (SSSR count). The molecule has 0 unspecified atom stereocenters. The third-order valence-electron chi connectivity index (χ3n) is 4.07. The summed E-state index contributed by atoms with van der Waals surface area (Å²) in [6.45, 7) is 7.32. The Bertz CT molecular complexity index is 354. The van der Waals surface area contributed by atoms with Crippen LogP contribution in [0.5, 0.6) is 0 Å². The molecule has 5 nitrogen and oxygen atoms in total. The van der Waals surface area contributed by atoms with Crippen LogP contribution in [0.1, 0.15) is 26.7 Å². The topological polar surface area (TPSA) is 56.6 Å². The van der Waals surface area contributed by atoms with Gasteiger partial charge in [-0.1, -0.05) is 0 Å². The number of carbonyl (C=O) groups excluding carboxylic acids is 1. The van der Waals surface area contributed by atoms with E-state index in [4.69, 9.17) is 4.74 Å². The number of likely N-dealkylation sites (tertiary alicyclic amines) is 1. The summed E-state index contributed by atoms with van der Waals surface area (Å²) in [6, 6.07) is 2.90. The van der Waals surface area contributed by atoms with E-state index < -0.39 is 5.54 Å². The SMILES string of the molecule is CC(C)N1CCC(C#N)(N2CCOCC2=O)CC1. The Balaban J connectivity index is 2.09. The predicted octanol–water partition coefficient (Wildman–Crippen LogP) is 0.612. The zero-order valence-corrected chi connectivity index (χ0v) is 11.2. The number of ether oxygens (including phenoxy) is 1. The minimum atomic E-state index is -0.605. The monoisotopic (exact) mass is 251 g/mol. The lowest BCUT2D eigenvalue weighted by molar-refractivity contribution is -0.150. The van der Waals surface area contributed by atoms with Crippen molar-refractivity contribution >= 4 is 5.91 Å². The lowest BCUT2D eigenvalue weighted by Crippen LogP contribution is -2.60. The van der Waals surface area contributed by atoms with Gasteiger partial charge in [0.05, 0.1) is 12.7 Å². The lowest BCUT2D eigenvalue weighted by Gasteiger charge is -2.46. The quantitative estimate of drug-likeness (QED) is 0.721. The van der Waals surface area contributed by atoms with Crippen LogP contribution in [0.2, 0.25) is 0 Å². The van der Waals surface area contributed by atoms with Crippen LogP contribution < -0.4 is 0 Å². The van der Waals surface area contributed by atoms with Gasteiger partial charge in [0.15, 0.2) is 0 Å². The highest BCUT2D eigenvalue weighted by Crippen LogP contribution is 2.30. The van der Waals surface area contributed by atoms with E-state index in [1.165, 1.54) is 0 Å². The molecule has 2 heterocycles. The number of morpholine rings is 1. The van der Waals surface area contributed by atoms with Crippen LogP contribution >= 0.6 is 0 Å². The normalized spacial score (nSPS) is 25.2. The highest BCUT2D eigenvalue weighted by Gasteiger charge is 2.43. The second-order valence-electron chi connectivity index (χ2n) is 5.37. The molecule has 0 saturated carbocycles. The molecule has 0 aromatic rings. The molecule has 2 saturated heterocycles. The number of amides is 1. The first-order valence-electron chi connectivity index (χ1n) is 6.62. The molecule has 5 heteroatoms. The molecule has 0 aliphatic carbocycles. The zero-order chi connectivity index (χ0) is 13.2. The summed E-state index contributed by atoms with van der Waals surface area (Å²) in [4.78, 5) is 16.0. The average molecular weight is 251 g/mol. The maximum atomic E-state index is 11.9. The summed E-state index contributed by atoms with van der Waals surface area (Å²) in [7, 11) is 0. The third kappa shape index (κ3) is 2.36. The average Bonchev–Trinajstić information content (AvgIpc) is 2.39. The van der Waals surface area contributed by atoms with Crippen LogP contribution in [0.3, 0.4) is 0 Å². The van der Waals surface area contributed by atoms with Gasteiger partial charge in [-0.25, -0.2) is 0 Å². The van der Waals surface area contributed by atoms with Crippen molar-refractivity contribution in [3.63, 3.8) is 0 Å². The van der Waals surface area contributed by atoms with Gasteiger partial charge in [0.2, 0.25) is 5.91 Å². The Morgan fingerprint density at radius 3 is 2.50 bits per heavy atom. The molecule has 2 aliphatic heterocycles. The molecule has 100 valence electrons. The van der Waals surface area contributed by atoms with Crippen LogP contribution in [0.4, 0.5) is 0 Å². The Morgan fingerprint density at radius 2 is 2.00 bits per heavy atom. The lowest BCUT2D eigenvalue weighted by atomic mass is 9.86. The first kappa shape index (κ1) is 13.3. The highest BCUT2D eigenvalue weighted by atomic mass is 16.5. The van der Waals surface area contributed by atoms with Gasteiger partial charge in [-0.3, -0.25) is 4.79 Å². The van der Waals surface area contributed by atoms with Crippen molar-refractivity contribution in [2.24, 2.45) is 0 Å². The Hall–Kier alpha value is -1.12. The van der Waals surface area contributed by atoms with Gasteiger partial charge in [-0.05, 0) is 26.7 Å². The fourth-order valence-electron chi connectivity index (χ4n) is 2.82. The van der Waals surface area contributed by atoms with Gasteiger partial charge < -0.3 is 14.5 Å². The molecule has 0 N–H and O–H groups in total. The fraction of sp³-hybridized carbons (Fsp3) is 0.846. The third-order valence-corrected chi connectivity index (χ3v) is 4.07. The highest BCUT2D eigenvalue weighted by molar-refractivity contribution is 5.79. The van der Waals surface area contributed by atoms with Crippen molar-refractivity contribution in [3.05, 3.63) is 0 Å². The smallest absolute Gasteiger partial charge is 0.249 e. The molecule has 1 amide bonds. The van der Waals surface area contributed by atoms with E-state index in [2.05, 4.69) is 24.8 Å². The van der Waals surface area contributed by atoms with Gasteiger partial charge in [0.25, 0.3) is 0 Å². The number of nitriles is 1. The van der Waals surface area contributed by atoms with Crippen molar-refractivity contribution in [2.75, 3.05) is 32.8 Å². The molecule has 0 spiro atoms. The van der Waals surface area contributed by atoms with Crippen molar-refractivity contribution in [1.29, 1.82) is 5.26 Å². The number of nitrogens with zero attached hydrogens (tertiary/aromatic N) is 3. The number of carbonyl (C=O) groups is 1. The predicted molar refractivity (Wildman–Crippen MR) is 66.8 cm³/mol. The summed E-state index contributed by atoms with van der Waals surface area (Å²) in [5.74, 6) is -0.0409. The van der Waals surface area contributed by atoms with Crippen molar-refractivity contribution < 1.29 is 9.53 Å². The molecule has 2 fully saturated rings. The van der Waals surface area contributed by atoms with Crippen molar-refractivity contribution in [1.82, 2.24) is 9.80 Å². The van der Waals surface area contributed by atoms with Crippen LogP contribution in [-0.2, 0) is 9.53 Å². The minimum absolute atomic E-state index is 0.0409. The van der Waals surface area contributed by atoms with Gasteiger partial charge in [0, 0.05) is 25.7 Å². The molecule has 2 aliphatic rings. The van der Waals surface area contributed by atoms with E-state index in [1.807, 2.05) is 0 Å². The Kier molecular flexibility index (Phi) is 3.88. The number of rotatable bonds is 2. The first-order chi connectivity index (χ1) is 8.59. The number of piperidine rings is 1. The largest absolute Gasteiger partial charge is 0.370 e. The van der Waals surface area contributed by atoms with Crippen molar-refractivity contribution in [2.45, 2.75) is 38.3 Å². The van der Waals surface area contributed by atoms with E-state index in [1.54, 1.807) is 4.90 Å². The zero-order valence-electron chi connectivity index (χ0n) is 11.2. The summed E-state index contributed by atoms with van der Waals surface area (Å²) in [5, 5.41) is 9.53. The maximum absolute atomic E-state index is 11.9. The van der Waals surface area contributed by atoms with Crippen LogP contribution in [0.25, 0.3) is 0 Å². The van der Waals surface area contributed by atoms with Crippen LogP contribution in [-0.4, -0.2) is 60.1 Å². The van der Waals surface area contributed by atoms with Crippen molar-refractivity contribution in [3.8, 4) is 6.07 Å². The summed E-state index contributed by atoms with van der Waals surface area (Å²) < 4.78 is 5.14. The number of hydrogen-bond acceptors (Lipinski definition) is 4. The number of hydrogen-bond donors (Lipinski definition) is 0. The first-order valence-corrected chi connectivity index (χ1v) is 6.62. The van der Waals surface area contributed by atoms with Gasteiger partial charge in [-0.15, -0.1) is 0 Å². The van der Waals surface area contributed by atoms with E-state index in [0.717, 1.165) is 25.9 Å². The Morgan fingerprint density at radius 1 is 1.33 bits per heavy atom. The molecule has 0 atom stereocenters. The van der Waals surface area contributed by atoms with E-state index in [-0.39, 0.29) is 12.5 Å². The maximum Gasteiger partial charge on any atom is 0.249 e. The van der Waals surface area contributed by atoms with Crippen LogP contribution in [0, 0.1) is 11.3 Å². The molecule has 0 aromatic heterocycles. The van der Waals surface area contributed by atoms with Gasteiger partial charge in [-0.2, -0.15) is 5.26 Å². The van der Waals surface area contributed by atoms with Crippen LogP contribution in [0.15, 0.2) is 0 Å². The molecule has 0 bridgehead atoms. The summed E-state index contributed by atoms with van der Waals surface area (Å²) in [5.41, 5.74) is -0.605. The van der Waals surface area contributed by atoms with Gasteiger partial charge in [0.1, 0.15) is 12.1 Å². The minimum Gasteiger partial charge on any atom is -0.370 e. The Labute approximate surface area is 108 Å². The fourth-order valence-corrected chi connectivity index (χ4v) is 2.82. The molecule has 18 heavy (non-hydrogen) atoms. The second-order valence-corrected chi connectivity index (χ2v) is 5.37. The molecular weight excluding hydrogens is 230 g/mol. The summed E-state index contributed by atoms with van der Waals surface area (Å²) >= 11 is 0. The van der Waals surface area contributed by atoms with E-state index >= 15 is 0 Å². The second kappa shape index (κ2) is 5.25. The van der Waals surface area contributed by atoms with E-state index in [0.29, 0.717) is 19.2 Å². The van der Waals surface area contributed by atoms with Gasteiger partial charge >= 0.3 is 0 Å². The summed E-state index contributed by atoms with van der Waals surface area (Å²) in [6.07, 6.45) is 1.49. The molecule has 0 aromatic carbocycles. The molecular formula is C13H21N3O2.